The number of amides is 1. The molecule has 4 rings (SSSR count). The van der Waals surface area contributed by atoms with Gasteiger partial charge in [-0.1, -0.05) is 30.3 Å². The fourth-order valence-electron chi connectivity index (χ4n) is 3.45. The van der Waals surface area contributed by atoms with Gasteiger partial charge in [0.05, 0.1) is 21.8 Å². The number of nitrogens with zero attached hydrogens (tertiary/aromatic N) is 2. The third-order valence-corrected chi connectivity index (χ3v) is 6.42. The highest BCUT2D eigenvalue weighted by Gasteiger charge is 2.33. The number of hydrogen-bond acceptors (Lipinski definition) is 5. The van der Waals surface area contributed by atoms with Crippen LogP contribution in [-0.2, 0) is 17.5 Å². The van der Waals surface area contributed by atoms with E-state index in [0.29, 0.717) is 15.3 Å². The first kappa shape index (κ1) is 22.9. The van der Waals surface area contributed by atoms with Crippen molar-refractivity contribution >= 4 is 58.7 Å². The Hall–Kier alpha value is -3.24. The lowest BCUT2D eigenvalue weighted by Gasteiger charge is -2.13. The predicted molar refractivity (Wildman–Crippen MR) is 127 cm³/mol. The molecule has 0 fully saturated rings. The largest absolute Gasteiger partial charge is 0.493 e. The van der Waals surface area contributed by atoms with Gasteiger partial charge in [-0.3, -0.25) is 14.4 Å². The lowest BCUT2D eigenvalue weighted by atomic mass is 10.1. The van der Waals surface area contributed by atoms with Gasteiger partial charge in [0.1, 0.15) is 0 Å². The fraction of sp³-hybridized carbons (Fsp3) is 0.174. The van der Waals surface area contributed by atoms with Gasteiger partial charge in [0.2, 0.25) is 11.8 Å². The van der Waals surface area contributed by atoms with Crippen LogP contribution >= 0.6 is 23.6 Å². The van der Waals surface area contributed by atoms with Crippen molar-refractivity contribution in [2.75, 3.05) is 5.32 Å². The zero-order chi connectivity index (χ0) is 23.6. The highest BCUT2D eigenvalue weighted by Crippen LogP contribution is 2.36. The molecule has 0 radical (unpaired) electrons. The number of carbonyl (C=O) groups is 1. The Morgan fingerprint density at radius 3 is 2.70 bits per heavy atom. The molecule has 0 saturated heterocycles. The zero-order valence-corrected chi connectivity index (χ0v) is 18.7. The smallest absolute Gasteiger partial charge is 0.418 e. The van der Waals surface area contributed by atoms with Crippen LogP contribution in [0, 0.1) is 3.95 Å². The van der Waals surface area contributed by atoms with Gasteiger partial charge in [0.15, 0.2) is 3.95 Å². The summed E-state index contributed by atoms with van der Waals surface area (Å²) in [5.41, 5.74) is 1.48. The number of aromatic nitrogens is 1. The van der Waals surface area contributed by atoms with Crippen LogP contribution in [0.5, 0.6) is 5.88 Å². The molecule has 2 heterocycles. The Morgan fingerprint density at radius 1 is 1.18 bits per heavy atom. The van der Waals surface area contributed by atoms with Crippen molar-refractivity contribution in [3.8, 4) is 5.88 Å². The Kier molecular flexibility index (Phi) is 6.48. The standard InChI is InChI=1S/C23H18F3N3O2S2/c24-23(25,26)16-7-2-4-9-18(16)28-20(30)10-5-11-29-21(31)19(33-22(29)32)12-14-13-27-17-8-3-1-6-15(14)17/h1-4,6-9,12-13,31H,5,10-11H2,(H,28,30)/b14-12+. The number of thiazole rings is 1. The van der Waals surface area contributed by atoms with Crippen molar-refractivity contribution in [2.24, 2.45) is 4.99 Å². The zero-order valence-electron chi connectivity index (χ0n) is 17.1. The van der Waals surface area contributed by atoms with Crippen molar-refractivity contribution in [1.82, 2.24) is 4.57 Å². The van der Waals surface area contributed by atoms with E-state index in [0.717, 1.165) is 22.9 Å². The normalized spacial score (nSPS) is 14.0. The van der Waals surface area contributed by atoms with Gasteiger partial charge in [0, 0.05) is 30.3 Å². The minimum Gasteiger partial charge on any atom is -0.493 e. The van der Waals surface area contributed by atoms with Crippen LogP contribution in [0.3, 0.4) is 0 Å². The van der Waals surface area contributed by atoms with Crippen molar-refractivity contribution < 1.29 is 23.1 Å². The van der Waals surface area contributed by atoms with Crippen molar-refractivity contribution in [3.05, 3.63) is 68.5 Å². The van der Waals surface area contributed by atoms with Gasteiger partial charge >= 0.3 is 6.18 Å². The molecular formula is C23H18F3N3O2S2. The Morgan fingerprint density at radius 2 is 1.91 bits per heavy atom. The number of benzene rings is 2. The Labute approximate surface area is 196 Å². The molecule has 33 heavy (non-hydrogen) atoms. The number of para-hydroxylation sites is 2. The monoisotopic (exact) mass is 489 g/mol. The molecule has 1 aliphatic heterocycles. The molecule has 1 aliphatic rings. The van der Waals surface area contributed by atoms with E-state index in [1.54, 1.807) is 6.21 Å². The number of hydrogen-bond donors (Lipinski definition) is 2. The van der Waals surface area contributed by atoms with Crippen LogP contribution in [0.1, 0.15) is 28.8 Å². The molecule has 0 unspecified atom stereocenters. The van der Waals surface area contributed by atoms with Gasteiger partial charge in [-0.15, -0.1) is 11.3 Å². The third-order valence-electron chi connectivity index (χ3n) is 5.03. The van der Waals surface area contributed by atoms with E-state index in [9.17, 15) is 23.1 Å². The molecule has 2 aromatic carbocycles. The molecule has 0 atom stereocenters. The molecule has 2 N–H and O–H groups in total. The lowest BCUT2D eigenvalue weighted by Crippen LogP contribution is -2.16. The van der Waals surface area contributed by atoms with Crippen molar-refractivity contribution in [2.45, 2.75) is 25.6 Å². The molecule has 3 aromatic rings. The topological polar surface area (TPSA) is 66.6 Å². The minimum atomic E-state index is -4.56. The number of allylic oxidation sites excluding steroid dienone is 1. The highest BCUT2D eigenvalue weighted by molar-refractivity contribution is 7.73. The van der Waals surface area contributed by atoms with Crippen LogP contribution in [0.4, 0.5) is 24.5 Å². The third kappa shape index (κ3) is 5.07. The number of rotatable bonds is 6. The van der Waals surface area contributed by atoms with Crippen molar-refractivity contribution in [1.29, 1.82) is 0 Å². The average molecular weight is 490 g/mol. The summed E-state index contributed by atoms with van der Waals surface area (Å²) in [6.45, 7) is 0.253. The maximum absolute atomic E-state index is 13.1. The highest BCUT2D eigenvalue weighted by atomic mass is 32.1. The number of aromatic hydroxyl groups is 1. The van der Waals surface area contributed by atoms with Gasteiger partial charge in [0.25, 0.3) is 0 Å². The molecule has 1 aromatic heterocycles. The number of anilines is 1. The number of halogens is 3. The van der Waals surface area contributed by atoms with Gasteiger partial charge in [-0.25, -0.2) is 0 Å². The van der Waals surface area contributed by atoms with Crippen molar-refractivity contribution in [3.63, 3.8) is 0 Å². The lowest BCUT2D eigenvalue weighted by molar-refractivity contribution is -0.137. The van der Waals surface area contributed by atoms with Gasteiger partial charge in [-0.05, 0) is 42.9 Å². The molecular weight excluding hydrogens is 471 g/mol. The van der Waals surface area contributed by atoms with Crippen LogP contribution in [0.2, 0.25) is 0 Å². The summed E-state index contributed by atoms with van der Waals surface area (Å²) in [6.07, 6.45) is -0.768. The maximum atomic E-state index is 13.1. The molecule has 170 valence electrons. The SMILES string of the molecule is O=C(CCCn1c(O)c(/C=C2\C=Nc3ccccc32)sc1=S)Nc1ccccc1C(F)(F)F. The number of aliphatic imine (C=N–C) groups is 1. The van der Waals surface area contributed by atoms with Crippen LogP contribution in [-0.4, -0.2) is 21.8 Å². The number of alkyl halides is 3. The van der Waals surface area contributed by atoms with E-state index in [-0.39, 0.29) is 24.5 Å². The number of fused-ring (bicyclic) bond motifs is 1. The first-order valence-electron chi connectivity index (χ1n) is 9.98. The van der Waals surface area contributed by atoms with E-state index >= 15 is 0 Å². The molecule has 0 bridgehead atoms. The molecule has 5 nitrogen and oxygen atoms in total. The number of carbonyl (C=O) groups excluding carboxylic acids is 1. The van der Waals surface area contributed by atoms with E-state index in [4.69, 9.17) is 12.2 Å². The summed E-state index contributed by atoms with van der Waals surface area (Å²) in [5.74, 6) is -0.563. The van der Waals surface area contributed by atoms with Crippen LogP contribution in [0.25, 0.3) is 11.6 Å². The predicted octanol–water partition coefficient (Wildman–Crippen LogP) is 6.68. The molecule has 0 saturated carbocycles. The first-order chi connectivity index (χ1) is 15.7. The van der Waals surface area contributed by atoms with Crippen LogP contribution in [0.15, 0.2) is 53.5 Å². The number of nitrogens with one attached hydrogen (secondary N) is 1. The average Bonchev–Trinajstić information content (AvgIpc) is 3.29. The second kappa shape index (κ2) is 9.32. The van der Waals surface area contributed by atoms with E-state index in [2.05, 4.69) is 10.3 Å². The molecule has 1 amide bonds. The second-order valence-corrected chi connectivity index (χ2v) is 8.95. The van der Waals surface area contributed by atoms with Gasteiger partial charge < -0.3 is 10.4 Å². The Balaban J connectivity index is 1.41. The van der Waals surface area contributed by atoms with Crippen LogP contribution < -0.4 is 5.32 Å². The summed E-state index contributed by atoms with van der Waals surface area (Å²) < 4.78 is 41.2. The molecule has 0 spiro atoms. The quantitative estimate of drug-likeness (QED) is 0.380. The van der Waals surface area contributed by atoms with E-state index < -0.39 is 17.6 Å². The Bertz CT molecular complexity index is 1320. The summed E-state index contributed by atoms with van der Waals surface area (Å²) in [6, 6.07) is 12.5. The van der Waals surface area contributed by atoms with E-state index in [1.807, 2.05) is 30.3 Å². The maximum Gasteiger partial charge on any atom is 0.418 e. The summed E-state index contributed by atoms with van der Waals surface area (Å²) in [5, 5.41) is 13.0. The van der Waals surface area contributed by atoms with Gasteiger partial charge in [-0.2, -0.15) is 13.2 Å². The summed E-state index contributed by atoms with van der Waals surface area (Å²) in [7, 11) is 0. The minimum absolute atomic E-state index is 0.0156. The second-order valence-electron chi connectivity index (χ2n) is 7.28. The first-order valence-corrected chi connectivity index (χ1v) is 11.2. The summed E-state index contributed by atoms with van der Waals surface area (Å²) in [4.78, 5) is 17.1. The van der Waals surface area contributed by atoms with E-state index in [1.165, 1.54) is 34.1 Å². The molecule has 10 heteroatoms. The summed E-state index contributed by atoms with van der Waals surface area (Å²) >= 11 is 6.59. The fourth-order valence-corrected chi connectivity index (χ4v) is 4.76. The molecule has 0 aliphatic carbocycles.